The first-order valence-electron chi connectivity index (χ1n) is 12.8. The van der Waals surface area contributed by atoms with Crippen LogP contribution in [0.5, 0.6) is 0 Å². The van der Waals surface area contributed by atoms with Crippen LogP contribution in [0, 0.1) is 0 Å². The van der Waals surface area contributed by atoms with Crippen LogP contribution >= 0.6 is 0 Å². The van der Waals surface area contributed by atoms with E-state index in [2.05, 4.69) is 84.9 Å². The molecule has 5 nitrogen and oxygen atoms in total. The SMILES string of the molecule is C=C(C)C(=O)NCCC[N+](C)(C)CCCC[Si](C)(C)O[Si](C)(C)CC[Si](C)(C)O[Si](C)(C)C. The number of amides is 1. The zero-order chi connectivity index (χ0) is 26.1. The third-order valence-electron chi connectivity index (χ3n) is 5.87. The van der Waals surface area contributed by atoms with E-state index in [1.54, 1.807) is 6.92 Å². The van der Waals surface area contributed by atoms with Crippen LogP contribution in [0.15, 0.2) is 12.2 Å². The van der Waals surface area contributed by atoms with Gasteiger partial charge in [-0.3, -0.25) is 4.79 Å². The third-order valence-corrected chi connectivity index (χ3v) is 19.9. The summed E-state index contributed by atoms with van der Waals surface area (Å²) < 4.78 is 14.5. The second kappa shape index (κ2) is 13.3. The first-order valence-corrected chi connectivity index (χ1v) is 25.6. The maximum Gasteiger partial charge on any atom is 0.246 e. The highest BCUT2D eigenvalue weighted by atomic mass is 28.4. The zero-order valence-corrected chi connectivity index (χ0v) is 28.2. The van der Waals surface area contributed by atoms with Crippen molar-refractivity contribution in [2.75, 3.05) is 33.7 Å². The number of carbonyl (C=O) groups excluding carboxylic acids is 1. The Morgan fingerprint density at radius 2 is 1.21 bits per heavy atom. The van der Waals surface area contributed by atoms with Crippen LogP contribution in [0.3, 0.4) is 0 Å². The molecule has 0 aliphatic rings. The van der Waals surface area contributed by atoms with E-state index in [4.69, 9.17) is 8.23 Å². The summed E-state index contributed by atoms with van der Waals surface area (Å²) in [6.45, 7) is 29.7. The van der Waals surface area contributed by atoms with Crippen molar-refractivity contribution in [2.24, 2.45) is 0 Å². The number of hydrogen-bond donors (Lipinski definition) is 1. The van der Waals surface area contributed by atoms with Crippen LogP contribution in [0.1, 0.15) is 26.2 Å². The fourth-order valence-electron chi connectivity index (χ4n) is 4.39. The van der Waals surface area contributed by atoms with Gasteiger partial charge in [0.25, 0.3) is 0 Å². The average Bonchev–Trinajstić information content (AvgIpc) is 2.58. The lowest BCUT2D eigenvalue weighted by molar-refractivity contribution is -0.890. The van der Waals surface area contributed by atoms with Gasteiger partial charge < -0.3 is 18.0 Å². The minimum atomic E-state index is -1.67. The smallest absolute Gasteiger partial charge is 0.246 e. The highest BCUT2D eigenvalue weighted by Crippen LogP contribution is 2.28. The highest BCUT2D eigenvalue weighted by molar-refractivity contribution is 6.87. The lowest BCUT2D eigenvalue weighted by Crippen LogP contribution is -2.47. The van der Waals surface area contributed by atoms with Gasteiger partial charge in [-0.2, -0.15) is 0 Å². The predicted octanol–water partition coefficient (Wildman–Crippen LogP) is 6.41. The number of carbonyl (C=O) groups is 1. The van der Waals surface area contributed by atoms with Gasteiger partial charge in [0.15, 0.2) is 33.3 Å². The molecule has 0 unspecified atom stereocenters. The third kappa shape index (κ3) is 18.0. The summed E-state index contributed by atoms with van der Waals surface area (Å²) in [5.74, 6) is -0.0338. The Morgan fingerprint density at radius 3 is 1.70 bits per heavy atom. The van der Waals surface area contributed by atoms with Gasteiger partial charge in [0.1, 0.15) is 0 Å². The molecule has 0 aliphatic carbocycles. The second-order valence-corrected chi connectivity index (χ2v) is 31.2. The number of quaternary nitrogens is 1. The predicted molar refractivity (Wildman–Crippen MR) is 156 cm³/mol. The van der Waals surface area contributed by atoms with Crippen molar-refractivity contribution in [1.29, 1.82) is 0 Å². The van der Waals surface area contributed by atoms with Gasteiger partial charge in [-0.15, -0.1) is 0 Å². The molecular weight excluding hydrogens is 477 g/mol. The van der Waals surface area contributed by atoms with Crippen LogP contribution in [0.2, 0.25) is 77.1 Å². The summed E-state index contributed by atoms with van der Waals surface area (Å²) in [6.07, 6.45) is 3.48. The Hall–Kier alpha value is -0.0425. The monoisotopic (exact) mass is 533 g/mol. The summed E-state index contributed by atoms with van der Waals surface area (Å²) >= 11 is 0. The first kappa shape index (κ1) is 33.0. The van der Waals surface area contributed by atoms with E-state index < -0.39 is 33.3 Å². The van der Waals surface area contributed by atoms with Gasteiger partial charge in [0.05, 0.1) is 27.2 Å². The summed E-state index contributed by atoms with van der Waals surface area (Å²) in [6, 6.07) is 3.68. The topological polar surface area (TPSA) is 47.6 Å². The molecular formula is C24H57N2O3Si4+. The van der Waals surface area contributed by atoms with Gasteiger partial charge in [0, 0.05) is 18.5 Å². The molecule has 1 N–H and O–H groups in total. The molecule has 0 saturated heterocycles. The van der Waals surface area contributed by atoms with Crippen molar-refractivity contribution >= 4 is 39.2 Å². The van der Waals surface area contributed by atoms with E-state index in [1.807, 2.05) is 0 Å². The Morgan fingerprint density at radius 1 is 0.758 bits per heavy atom. The van der Waals surface area contributed by atoms with Gasteiger partial charge in [0.2, 0.25) is 5.91 Å². The zero-order valence-electron chi connectivity index (χ0n) is 24.2. The lowest BCUT2D eigenvalue weighted by Gasteiger charge is -2.37. The van der Waals surface area contributed by atoms with Crippen molar-refractivity contribution in [1.82, 2.24) is 5.32 Å². The lowest BCUT2D eigenvalue weighted by atomic mass is 10.2. The van der Waals surface area contributed by atoms with Crippen LogP contribution in [0.4, 0.5) is 0 Å². The summed E-state index contributed by atoms with van der Waals surface area (Å²) in [5.41, 5.74) is 0.578. The van der Waals surface area contributed by atoms with Crippen LogP contribution in [-0.4, -0.2) is 77.4 Å². The molecule has 0 radical (unpaired) electrons. The molecule has 0 heterocycles. The van der Waals surface area contributed by atoms with Crippen molar-refractivity contribution in [3.63, 3.8) is 0 Å². The van der Waals surface area contributed by atoms with Crippen molar-refractivity contribution in [3.8, 4) is 0 Å². The Balaban J connectivity index is 4.37. The highest BCUT2D eigenvalue weighted by Gasteiger charge is 2.36. The molecule has 0 bridgehead atoms. The van der Waals surface area contributed by atoms with Crippen molar-refractivity contribution < 1.29 is 17.5 Å². The van der Waals surface area contributed by atoms with E-state index >= 15 is 0 Å². The van der Waals surface area contributed by atoms with Crippen LogP contribution < -0.4 is 5.32 Å². The molecule has 196 valence electrons. The van der Waals surface area contributed by atoms with Gasteiger partial charge in [-0.05, 0) is 96.8 Å². The standard InChI is InChI=1S/C24H56N2O3Si4/c1-23(2)24(27)25-17-16-19-26(3,4)18-14-15-20-31(8,9)29-33(12,13)22-21-32(10,11)28-30(5,6)7/h1,14-22H2,2-13H3/p+1. The number of unbranched alkanes of at least 4 members (excludes halogenated alkanes) is 1. The second-order valence-electron chi connectivity index (χ2n) is 13.3. The maximum absolute atomic E-state index is 11.6. The molecule has 1 amide bonds. The van der Waals surface area contributed by atoms with Crippen molar-refractivity contribution in [3.05, 3.63) is 12.2 Å². The fourth-order valence-corrected chi connectivity index (χ4v) is 24.2. The Kier molecular flexibility index (Phi) is 13.3. The van der Waals surface area contributed by atoms with E-state index in [9.17, 15) is 4.79 Å². The molecule has 33 heavy (non-hydrogen) atoms. The molecule has 0 rings (SSSR count). The molecule has 0 aromatic heterocycles. The van der Waals surface area contributed by atoms with Crippen molar-refractivity contribution in [2.45, 2.75) is 103 Å². The van der Waals surface area contributed by atoms with E-state index in [0.29, 0.717) is 5.57 Å². The summed E-state index contributed by atoms with van der Waals surface area (Å²) in [7, 11) is -1.80. The number of hydrogen-bond acceptors (Lipinski definition) is 3. The molecule has 0 fully saturated rings. The van der Waals surface area contributed by atoms with Gasteiger partial charge in [-0.25, -0.2) is 0 Å². The molecule has 0 atom stereocenters. The van der Waals surface area contributed by atoms with Crippen LogP contribution in [-0.2, 0) is 13.0 Å². The molecule has 9 heteroatoms. The average molecular weight is 534 g/mol. The normalized spacial score (nSPS) is 13.8. The molecule has 0 spiro atoms. The Labute approximate surface area is 210 Å². The quantitative estimate of drug-likeness (QED) is 0.102. The van der Waals surface area contributed by atoms with E-state index in [-0.39, 0.29) is 5.91 Å². The van der Waals surface area contributed by atoms with E-state index in [0.717, 1.165) is 24.0 Å². The Bertz CT molecular complexity index is 630. The number of nitrogens with one attached hydrogen (secondary N) is 1. The molecule has 0 aliphatic heterocycles. The number of nitrogens with zero attached hydrogens (tertiary/aromatic N) is 1. The minimum absolute atomic E-state index is 0.0338. The van der Waals surface area contributed by atoms with E-state index in [1.165, 1.54) is 37.5 Å². The summed E-state index contributed by atoms with van der Waals surface area (Å²) in [4.78, 5) is 11.6. The van der Waals surface area contributed by atoms with Gasteiger partial charge in [-0.1, -0.05) is 6.58 Å². The number of rotatable bonds is 17. The molecule has 0 saturated carbocycles. The first-order chi connectivity index (χ1) is 14.7. The molecule has 0 aromatic carbocycles. The van der Waals surface area contributed by atoms with Crippen LogP contribution in [0.25, 0.3) is 0 Å². The minimum Gasteiger partial charge on any atom is -0.456 e. The largest absolute Gasteiger partial charge is 0.456 e. The maximum atomic E-state index is 11.6. The fraction of sp³-hybridized carbons (Fsp3) is 0.875. The van der Waals surface area contributed by atoms with Gasteiger partial charge >= 0.3 is 0 Å². The summed E-state index contributed by atoms with van der Waals surface area (Å²) in [5, 5.41) is 2.93. The molecule has 0 aromatic rings.